The molecule has 0 amide bonds. The van der Waals surface area contributed by atoms with Gasteiger partial charge in [0, 0.05) is 22.2 Å². The van der Waals surface area contributed by atoms with Crippen LogP contribution in [0.25, 0.3) is 55.6 Å². The van der Waals surface area contributed by atoms with Crippen LogP contribution < -0.4 is 5.32 Å². The Kier molecular flexibility index (Phi) is 6.88. The highest BCUT2D eigenvalue weighted by atomic mass is 14.9. The predicted octanol–water partition coefficient (Wildman–Crippen LogP) is 12.4. The summed E-state index contributed by atoms with van der Waals surface area (Å²) in [6.07, 6.45) is 0. The highest BCUT2D eigenvalue weighted by molar-refractivity contribution is 5.94. The molecule has 46 heavy (non-hydrogen) atoms. The van der Waals surface area contributed by atoms with Crippen molar-refractivity contribution in [3.05, 3.63) is 181 Å². The summed E-state index contributed by atoms with van der Waals surface area (Å²) in [6.45, 7) is 4.71. The van der Waals surface area contributed by atoms with Crippen molar-refractivity contribution in [2.24, 2.45) is 0 Å². The third-order valence-corrected chi connectivity index (χ3v) is 9.50. The van der Waals surface area contributed by atoms with Gasteiger partial charge >= 0.3 is 0 Å². The summed E-state index contributed by atoms with van der Waals surface area (Å²) in [5.74, 6) is 0. The quantitative estimate of drug-likeness (QED) is 0.203. The first kappa shape index (κ1) is 27.9. The average Bonchev–Trinajstić information content (AvgIpc) is 3.34. The van der Waals surface area contributed by atoms with Crippen LogP contribution in [0.5, 0.6) is 0 Å². The Labute approximate surface area is 271 Å². The van der Waals surface area contributed by atoms with E-state index >= 15 is 0 Å². The second kappa shape index (κ2) is 11.4. The number of hydrogen-bond donors (Lipinski definition) is 1. The lowest BCUT2D eigenvalue weighted by atomic mass is 9.81. The molecule has 0 atom stereocenters. The van der Waals surface area contributed by atoms with Crippen molar-refractivity contribution >= 4 is 11.4 Å². The Hall–Kier alpha value is -5.66. The van der Waals surface area contributed by atoms with Crippen LogP contribution in [-0.2, 0) is 5.41 Å². The van der Waals surface area contributed by atoms with Crippen LogP contribution in [0.15, 0.2) is 170 Å². The largest absolute Gasteiger partial charge is 0.355 e. The van der Waals surface area contributed by atoms with Crippen LogP contribution in [0, 0.1) is 0 Å². The number of anilines is 2. The molecule has 0 heterocycles. The molecule has 0 radical (unpaired) electrons. The van der Waals surface area contributed by atoms with Gasteiger partial charge in [0.2, 0.25) is 0 Å². The summed E-state index contributed by atoms with van der Waals surface area (Å²) in [6, 6.07) is 61.3. The zero-order chi connectivity index (χ0) is 31.1. The number of hydrogen-bond acceptors (Lipinski definition) is 1. The first-order valence-electron chi connectivity index (χ1n) is 16.0. The van der Waals surface area contributed by atoms with Crippen molar-refractivity contribution in [2.45, 2.75) is 19.3 Å². The number of benzene rings is 7. The second-order valence-electron chi connectivity index (χ2n) is 12.7. The summed E-state index contributed by atoms with van der Waals surface area (Å²) >= 11 is 0. The van der Waals surface area contributed by atoms with Gasteiger partial charge in [-0.15, -0.1) is 0 Å². The molecule has 1 aliphatic rings. The normalized spacial score (nSPS) is 12.7. The molecule has 1 N–H and O–H groups in total. The van der Waals surface area contributed by atoms with Crippen LogP contribution in [-0.4, -0.2) is 0 Å². The van der Waals surface area contributed by atoms with Gasteiger partial charge in [-0.1, -0.05) is 166 Å². The van der Waals surface area contributed by atoms with Gasteiger partial charge < -0.3 is 5.32 Å². The Morgan fingerprint density at radius 3 is 1.39 bits per heavy atom. The van der Waals surface area contributed by atoms with Gasteiger partial charge in [-0.05, 0) is 73.8 Å². The van der Waals surface area contributed by atoms with E-state index in [0.717, 1.165) is 11.4 Å². The molecule has 220 valence electrons. The highest BCUT2D eigenvalue weighted by Gasteiger charge is 2.36. The Balaban J connectivity index is 1.20. The van der Waals surface area contributed by atoms with E-state index in [4.69, 9.17) is 0 Å². The molecule has 0 saturated heterocycles. The van der Waals surface area contributed by atoms with Crippen LogP contribution in [0.3, 0.4) is 0 Å². The maximum absolute atomic E-state index is 3.92. The third kappa shape index (κ3) is 4.91. The number of fused-ring (bicyclic) bond motifs is 3. The summed E-state index contributed by atoms with van der Waals surface area (Å²) in [5, 5.41) is 3.92. The first-order valence-corrected chi connectivity index (χ1v) is 16.0. The maximum atomic E-state index is 3.92. The molecular weight excluding hydrogens is 555 g/mol. The van der Waals surface area contributed by atoms with E-state index in [0.29, 0.717) is 0 Å². The molecule has 7 aromatic rings. The number of rotatable bonds is 6. The molecule has 1 nitrogen and oxygen atoms in total. The standard InChI is InChI=1S/C45H35N/c1-45(2)42-29-36(32-15-8-4-9-16-32)25-27-40(42)41-28-26-37(30-43(41)45)46-44-38(34-17-10-5-11-18-34)19-12-20-39(44)35-23-21-33(22-24-35)31-13-6-3-7-14-31/h3-30,46H,1-2H3. The molecule has 0 unspecified atom stereocenters. The topological polar surface area (TPSA) is 12.0 Å². The molecule has 1 heteroatoms. The van der Waals surface area contributed by atoms with E-state index in [1.54, 1.807) is 0 Å². The summed E-state index contributed by atoms with van der Waals surface area (Å²) in [7, 11) is 0. The fourth-order valence-corrected chi connectivity index (χ4v) is 7.03. The molecule has 8 rings (SSSR count). The van der Waals surface area contributed by atoms with Gasteiger partial charge in [0.15, 0.2) is 0 Å². The minimum absolute atomic E-state index is 0.123. The predicted molar refractivity (Wildman–Crippen MR) is 195 cm³/mol. The number of nitrogens with one attached hydrogen (secondary N) is 1. The summed E-state index contributed by atoms with van der Waals surface area (Å²) in [4.78, 5) is 0. The van der Waals surface area contributed by atoms with E-state index in [1.807, 2.05) is 0 Å². The van der Waals surface area contributed by atoms with Crippen LogP contribution in [0.2, 0.25) is 0 Å². The lowest BCUT2D eigenvalue weighted by Gasteiger charge is -2.23. The molecule has 0 fully saturated rings. The van der Waals surface area contributed by atoms with E-state index in [2.05, 4.69) is 189 Å². The molecule has 0 aromatic heterocycles. The van der Waals surface area contributed by atoms with E-state index in [1.165, 1.54) is 66.8 Å². The number of para-hydroxylation sites is 1. The van der Waals surface area contributed by atoms with E-state index in [-0.39, 0.29) is 5.41 Å². The fraction of sp³-hybridized carbons (Fsp3) is 0.0667. The molecule has 0 saturated carbocycles. The third-order valence-electron chi connectivity index (χ3n) is 9.50. The van der Waals surface area contributed by atoms with E-state index < -0.39 is 0 Å². The van der Waals surface area contributed by atoms with Crippen molar-refractivity contribution in [1.29, 1.82) is 0 Å². The zero-order valence-electron chi connectivity index (χ0n) is 26.2. The molecule has 0 bridgehead atoms. The smallest absolute Gasteiger partial charge is 0.0543 e. The second-order valence-corrected chi connectivity index (χ2v) is 12.7. The Morgan fingerprint density at radius 2 is 0.783 bits per heavy atom. The molecule has 7 aromatic carbocycles. The van der Waals surface area contributed by atoms with Crippen LogP contribution in [0.4, 0.5) is 11.4 Å². The van der Waals surface area contributed by atoms with Gasteiger partial charge in [0.05, 0.1) is 5.69 Å². The molecule has 0 aliphatic heterocycles. The minimum atomic E-state index is -0.123. The van der Waals surface area contributed by atoms with Crippen molar-refractivity contribution in [3.8, 4) is 55.6 Å². The van der Waals surface area contributed by atoms with E-state index in [9.17, 15) is 0 Å². The monoisotopic (exact) mass is 589 g/mol. The van der Waals surface area contributed by atoms with Gasteiger partial charge in [0.1, 0.15) is 0 Å². The average molecular weight is 590 g/mol. The van der Waals surface area contributed by atoms with Crippen LogP contribution in [0.1, 0.15) is 25.0 Å². The van der Waals surface area contributed by atoms with Gasteiger partial charge in [-0.2, -0.15) is 0 Å². The fourth-order valence-electron chi connectivity index (χ4n) is 7.03. The summed E-state index contributed by atoms with van der Waals surface area (Å²) in [5.41, 5.74) is 17.1. The Bertz CT molecular complexity index is 2160. The zero-order valence-corrected chi connectivity index (χ0v) is 26.2. The lowest BCUT2D eigenvalue weighted by molar-refractivity contribution is 0.661. The maximum Gasteiger partial charge on any atom is 0.0543 e. The van der Waals surface area contributed by atoms with Crippen molar-refractivity contribution in [3.63, 3.8) is 0 Å². The minimum Gasteiger partial charge on any atom is -0.355 e. The summed E-state index contributed by atoms with van der Waals surface area (Å²) < 4.78 is 0. The molecule has 1 aliphatic carbocycles. The Morgan fingerprint density at radius 1 is 0.348 bits per heavy atom. The van der Waals surface area contributed by atoms with Crippen molar-refractivity contribution < 1.29 is 0 Å². The highest BCUT2D eigenvalue weighted by Crippen LogP contribution is 2.51. The van der Waals surface area contributed by atoms with Gasteiger partial charge in [-0.25, -0.2) is 0 Å². The molecular formula is C45H35N. The van der Waals surface area contributed by atoms with Crippen LogP contribution >= 0.6 is 0 Å². The van der Waals surface area contributed by atoms with Gasteiger partial charge in [0.25, 0.3) is 0 Å². The van der Waals surface area contributed by atoms with Gasteiger partial charge in [-0.3, -0.25) is 0 Å². The van der Waals surface area contributed by atoms with Crippen molar-refractivity contribution in [2.75, 3.05) is 5.32 Å². The first-order chi connectivity index (χ1) is 22.6. The molecule has 0 spiro atoms. The van der Waals surface area contributed by atoms with Crippen molar-refractivity contribution in [1.82, 2.24) is 0 Å². The SMILES string of the molecule is CC1(C)c2cc(Nc3c(-c4ccccc4)cccc3-c3ccc(-c4ccccc4)cc3)ccc2-c2ccc(-c3ccccc3)cc21. The lowest BCUT2D eigenvalue weighted by Crippen LogP contribution is -2.15.